The molecule has 0 radical (unpaired) electrons. The summed E-state index contributed by atoms with van der Waals surface area (Å²) in [6, 6.07) is 6.01. The van der Waals surface area contributed by atoms with Crippen molar-refractivity contribution in [2.24, 2.45) is 0 Å². The van der Waals surface area contributed by atoms with E-state index in [2.05, 4.69) is 5.32 Å². The van der Waals surface area contributed by atoms with Gasteiger partial charge in [0.1, 0.15) is 0 Å². The Morgan fingerprint density at radius 2 is 2.21 bits per heavy atom. The number of hydrogen-bond donors (Lipinski definition) is 1. The van der Waals surface area contributed by atoms with Crippen molar-refractivity contribution in [2.75, 3.05) is 25.6 Å². The minimum Gasteiger partial charge on any atom is -0.385 e. The van der Waals surface area contributed by atoms with Gasteiger partial charge in [0, 0.05) is 20.3 Å². The summed E-state index contributed by atoms with van der Waals surface area (Å²) in [6.45, 7) is 3.69. The van der Waals surface area contributed by atoms with E-state index in [1.54, 1.807) is 7.11 Å². The number of rotatable bonds is 5. The quantitative estimate of drug-likeness (QED) is 0.759. The van der Waals surface area contributed by atoms with Crippen LogP contribution in [-0.4, -0.2) is 20.3 Å². The second-order valence-corrected chi connectivity index (χ2v) is 3.66. The van der Waals surface area contributed by atoms with Gasteiger partial charge in [0.25, 0.3) is 0 Å². The van der Waals surface area contributed by atoms with Crippen molar-refractivity contribution < 1.29 is 4.74 Å². The zero-order valence-corrected chi connectivity index (χ0v) is 9.40. The van der Waals surface area contributed by atoms with Gasteiger partial charge in [-0.25, -0.2) is 0 Å². The van der Waals surface area contributed by atoms with Gasteiger partial charge < -0.3 is 10.1 Å². The number of hydrogen-bond acceptors (Lipinski definition) is 2. The van der Waals surface area contributed by atoms with E-state index in [0.29, 0.717) is 0 Å². The van der Waals surface area contributed by atoms with E-state index in [-0.39, 0.29) is 0 Å². The largest absolute Gasteiger partial charge is 0.385 e. The van der Waals surface area contributed by atoms with Crippen LogP contribution in [0.5, 0.6) is 0 Å². The van der Waals surface area contributed by atoms with Crippen LogP contribution in [0.15, 0.2) is 18.2 Å². The first-order valence-electron chi connectivity index (χ1n) is 4.73. The minimum absolute atomic E-state index is 0.774. The molecular weight excluding hydrogens is 198 g/mol. The van der Waals surface area contributed by atoms with E-state index >= 15 is 0 Å². The summed E-state index contributed by atoms with van der Waals surface area (Å²) in [6.07, 6.45) is 0.987. The Labute approximate surface area is 90.2 Å². The Morgan fingerprint density at radius 3 is 2.86 bits per heavy atom. The molecule has 0 bridgehead atoms. The minimum atomic E-state index is 0.774. The molecule has 0 saturated heterocycles. The first-order valence-corrected chi connectivity index (χ1v) is 5.11. The molecule has 78 valence electrons. The third-order valence-electron chi connectivity index (χ3n) is 1.97. The van der Waals surface area contributed by atoms with E-state index in [1.807, 2.05) is 25.1 Å². The van der Waals surface area contributed by atoms with Crippen molar-refractivity contribution in [1.29, 1.82) is 0 Å². The number of benzene rings is 1. The molecule has 0 spiro atoms. The molecule has 0 aliphatic rings. The standard InChI is InChI=1S/C11H16ClNO/c1-9-4-5-11(10(12)8-9)13-6-3-7-14-2/h4-5,8,13H,3,6-7H2,1-2H3. The van der Waals surface area contributed by atoms with Gasteiger partial charge in [0.15, 0.2) is 0 Å². The lowest BCUT2D eigenvalue weighted by atomic mass is 10.2. The van der Waals surface area contributed by atoms with Crippen LogP contribution in [0.4, 0.5) is 5.69 Å². The highest BCUT2D eigenvalue weighted by atomic mass is 35.5. The maximum absolute atomic E-state index is 6.05. The summed E-state index contributed by atoms with van der Waals surface area (Å²) in [5.41, 5.74) is 2.17. The fraction of sp³-hybridized carbons (Fsp3) is 0.455. The third-order valence-corrected chi connectivity index (χ3v) is 2.28. The zero-order valence-electron chi connectivity index (χ0n) is 8.64. The van der Waals surface area contributed by atoms with Crippen LogP contribution < -0.4 is 5.32 Å². The number of nitrogens with one attached hydrogen (secondary N) is 1. The molecule has 0 heterocycles. The zero-order chi connectivity index (χ0) is 10.4. The number of anilines is 1. The number of methoxy groups -OCH3 is 1. The average molecular weight is 214 g/mol. The van der Waals surface area contributed by atoms with E-state index in [9.17, 15) is 0 Å². The molecule has 1 N–H and O–H groups in total. The molecule has 0 amide bonds. The Kier molecular flexibility index (Phi) is 4.77. The van der Waals surface area contributed by atoms with Crippen molar-refractivity contribution >= 4 is 17.3 Å². The van der Waals surface area contributed by atoms with Crippen LogP contribution in [0.25, 0.3) is 0 Å². The van der Waals surface area contributed by atoms with Crippen molar-refractivity contribution in [2.45, 2.75) is 13.3 Å². The van der Waals surface area contributed by atoms with E-state index < -0.39 is 0 Å². The van der Waals surface area contributed by atoms with E-state index in [4.69, 9.17) is 16.3 Å². The molecule has 0 aromatic heterocycles. The number of halogens is 1. The molecule has 14 heavy (non-hydrogen) atoms. The average Bonchev–Trinajstić information content (AvgIpc) is 2.15. The smallest absolute Gasteiger partial charge is 0.0640 e. The first kappa shape index (κ1) is 11.3. The molecular formula is C11H16ClNO. The van der Waals surface area contributed by atoms with Crippen molar-refractivity contribution in [3.05, 3.63) is 28.8 Å². The second-order valence-electron chi connectivity index (χ2n) is 3.26. The van der Waals surface area contributed by atoms with Crippen LogP contribution >= 0.6 is 11.6 Å². The molecule has 0 unspecified atom stereocenters. The van der Waals surface area contributed by atoms with Gasteiger partial charge in [-0.05, 0) is 31.0 Å². The predicted molar refractivity (Wildman–Crippen MR) is 61.2 cm³/mol. The van der Waals surface area contributed by atoms with Crippen LogP contribution in [0, 0.1) is 6.92 Å². The number of aryl methyl sites for hydroxylation is 1. The van der Waals surface area contributed by atoms with Gasteiger partial charge in [-0.2, -0.15) is 0 Å². The molecule has 2 nitrogen and oxygen atoms in total. The summed E-state index contributed by atoms with van der Waals surface area (Å²) in [7, 11) is 1.71. The maximum Gasteiger partial charge on any atom is 0.0640 e. The molecule has 1 rings (SSSR count). The highest BCUT2D eigenvalue weighted by Gasteiger charge is 1.98. The SMILES string of the molecule is COCCCNc1ccc(C)cc1Cl. The van der Waals surface area contributed by atoms with Gasteiger partial charge in [-0.15, -0.1) is 0 Å². The summed E-state index contributed by atoms with van der Waals surface area (Å²) < 4.78 is 4.96. The van der Waals surface area contributed by atoms with E-state index in [0.717, 1.165) is 30.3 Å². The Balaban J connectivity index is 2.42. The highest BCUT2D eigenvalue weighted by Crippen LogP contribution is 2.22. The van der Waals surface area contributed by atoms with Crippen LogP contribution in [-0.2, 0) is 4.74 Å². The number of ether oxygens (including phenoxy) is 1. The van der Waals surface area contributed by atoms with Crippen LogP contribution in [0.1, 0.15) is 12.0 Å². The van der Waals surface area contributed by atoms with Crippen molar-refractivity contribution in [3.63, 3.8) is 0 Å². The molecule has 1 aromatic carbocycles. The fourth-order valence-corrected chi connectivity index (χ4v) is 1.50. The monoisotopic (exact) mass is 213 g/mol. The maximum atomic E-state index is 6.05. The predicted octanol–water partition coefficient (Wildman–Crippen LogP) is 3.10. The van der Waals surface area contributed by atoms with Gasteiger partial charge in [0.05, 0.1) is 10.7 Å². The molecule has 3 heteroatoms. The molecule has 0 aliphatic carbocycles. The normalized spacial score (nSPS) is 10.2. The summed E-state index contributed by atoms with van der Waals surface area (Å²) in [4.78, 5) is 0. The van der Waals surface area contributed by atoms with Crippen LogP contribution in [0.3, 0.4) is 0 Å². The first-order chi connectivity index (χ1) is 6.74. The fourth-order valence-electron chi connectivity index (χ4n) is 1.20. The lowest BCUT2D eigenvalue weighted by Gasteiger charge is -2.08. The molecule has 0 aliphatic heterocycles. The Hall–Kier alpha value is -0.730. The van der Waals surface area contributed by atoms with E-state index in [1.165, 1.54) is 5.56 Å². The summed E-state index contributed by atoms with van der Waals surface area (Å²) in [5, 5.41) is 4.04. The van der Waals surface area contributed by atoms with Gasteiger partial charge in [-0.3, -0.25) is 0 Å². The lowest BCUT2D eigenvalue weighted by Crippen LogP contribution is -2.04. The van der Waals surface area contributed by atoms with Crippen molar-refractivity contribution in [1.82, 2.24) is 0 Å². The molecule has 0 fully saturated rings. The molecule has 0 saturated carbocycles. The van der Waals surface area contributed by atoms with Crippen molar-refractivity contribution in [3.8, 4) is 0 Å². The van der Waals surface area contributed by atoms with Gasteiger partial charge in [0.2, 0.25) is 0 Å². The molecule has 0 atom stereocenters. The second kappa shape index (κ2) is 5.89. The van der Waals surface area contributed by atoms with Gasteiger partial charge in [-0.1, -0.05) is 17.7 Å². The summed E-state index contributed by atoms with van der Waals surface area (Å²) in [5.74, 6) is 0. The van der Waals surface area contributed by atoms with Crippen LogP contribution in [0.2, 0.25) is 5.02 Å². The van der Waals surface area contributed by atoms with Gasteiger partial charge >= 0.3 is 0 Å². The highest BCUT2D eigenvalue weighted by molar-refractivity contribution is 6.33. The third kappa shape index (κ3) is 3.56. The lowest BCUT2D eigenvalue weighted by molar-refractivity contribution is 0.198. The molecule has 1 aromatic rings. The Bertz CT molecular complexity index is 289. The Morgan fingerprint density at radius 1 is 1.43 bits per heavy atom. The topological polar surface area (TPSA) is 21.3 Å². The summed E-state index contributed by atoms with van der Waals surface area (Å²) >= 11 is 6.05.